The molecule has 2 aromatic rings. The summed E-state index contributed by atoms with van der Waals surface area (Å²) in [5, 5.41) is 10.3. The van der Waals surface area contributed by atoms with Gasteiger partial charge in [-0.15, -0.1) is 0 Å². The molecule has 26 heavy (non-hydrogen) atoms. The van der Waals surface area contributed by atoms with Gasteiger partial charge in [0, 0.05) is 46.2 Å². The molecule has 0 aliphatic carbocycles. The monoisotopic (exact) mass is 361 g/mol. The number of hydrogen-bond acceptors (Lipinski definition) is 6. The number of rotatable bonds is 9. The molecule has 2 N–H and O–H groups in total. The molecule has 0 saturated carbocycles. The Hall–Kier alpha value is -2.61. The fourth-order valence-electron chi connectivity index (χ4n) is 2.30. The average Bonchev–Trinajstić information content (AvgIpc) is 3.05. The third-order valence-electron chi connectivity index (χ3n) is 3.63. The summed E-state index contributed by atoms with van der Waals surface area (Å²) in [7, 11) is 3.41. The number of aliphatic imine (C=N–C) groups is 1. The maximum absolute atomic E-state index is 5.91. The van der Waals surface area contributed by atoms with Gasteiger partial charge in [0.2, 0.25) is 5.89 Å². The highest BCUT2D eigenvalue weighted by Gasteiger charge is 2.07. The summed E-state index contributed by atoms with van der Waals surface area (Å²) in [6.45, 7) is 6.14. The van der Waals surface area contributed by atoms with E-state index in [4.69, 9.17) is 14.0 Å². The largest absolute Gasteiger partial charge is 0.493 e. The molecule has 0 atom stereocenters. The Morgan fingerprint density at radius 3 is 2.69 bits per heavy atom. The highest BCUT2D eigenvalue weighted by atomic mass is 16.5. The molecular formula is C18H27N5O3. The molecule has 0 aliphatic heterocycles. The molecule has 1 aromatic heterocycles. The highest BCUT2D eigenvalue weighted by Crippen LogP contribution is 2.20. The number of ether oxygens (including phenoxy) is 2. The minimum Gasteiger partial charge on any atom is -0.493 e. The summed E-state index contributed by atoms with van der Waals surface area (Å²) in [6, 6.07) is 6.17. The third kappa shape index (κ3) is 6.36. The Morgan fingerprint density at radius 2 is 2.00 bits per heavy atom. The first-order valence-corrected chi connectivity index (χ1v) is 8.57. The zero-order chi connectivity index (χ0) is 18.8. The van der Waals surface area contributed by atoms with Gasteiger partial charge < -0.3 is 24.6 Å². The van der Waals surface area contributed by atoms with Crippen LogP contribution in [0.15, 0.2) is 27.7 Å². The van der Waals surface area contributed by atoms with Crippen LogP contribution in [0.3, 0.4) is 0 Å². The number of aryl methyl sites for hydroxylation is 2. The molecule has 8 heteroatoms. The van der Waals surface area contributed by atoms with E-state index in [0.29, 0.717) is 44.0 Å². The molecule has 0 saturated heterocycles. The summed E-state index contributed by atoms with van der Waals surface area (Å²) in [5.41, 5.74) is 2.22. The second-order valence-electron chi connectivity index (χ2n) is 5.81. The van der Waals surface area contributed by atoms with Gasteiger partial charge in [-0.25, -0.2) is 0 Å². The second kappa shape index (κ2) is 10.4. The standard InChI is InChI=1S/C18H27N5O3/c1-13-6-7-15(16(10-13)25-9-5-8-24-4)11-20-18(19-3)21-12-17-22-14(2)26-23-17/h6-7,10H,5,8-9,11-12H2,1-4H3,(H2,19,20,21). The first kappa shape index (κ1) is 19.7. The van der Waals surface area contributed by atoms with Crippen LogP contribution in [0.25, 0.3) is 0 Å². The van der Waals surface area contributed by atoms with Crippen molar-refractivity contribution >= 4 is 5.96 Å². The van der Waals surface area contributed by atoms with E-state index in [0.717, 1.165) is 23.3 Å². The van der Waals surface area contributed by atoms with E-state index in [-0.39, 0.29) is 0 Å². The van der Waals surface area contributed by atoms with E-state index in [2.05, 4.69) is 37.9 Å². The number of aromatic nitrogens is 2. The first-order chi connectivity index (χ1) is 12.6. The van der Waals surface area contributed by atoms with E-state index in [9.17, 15) is 0 Å². The molecule has 8 nitrogen and oxygen atoms in total. The summed E-state index contributed by atoms with van der Waals surface area (Å²) in [4.78, 5) is 8.36. The average molecular weight is 361 g/mol. The lowest BCUT2D eigenvalue weighted by Crippen LogP contribution is -2.36. The molecule has 0 aliphatic rings. The van der Waals surface area contributed by atoms with E-state index in [1.165, 1.54) is 0 Å². The Labute approximate surface area is 154 Å². The zero-order valence-corrected chi connectivity index (χ0v) is 15.8. The molecule has 0 unspecified atom stereocenters. The van der Waals surface area contributed by atoms with Crippen molar-refractivity contribution in [2.75, 3.05) is 27.4 Å². The molecule has 0 fully saturated rings. The van der Waals surface area contributed by atoms with Gasteiger partial charge in [-0.05, 0) is 18.6 Å². The number of methoxy groups -OCH3 is 1. The summed E-state index contributed by atoms with van der Waals surface area (Å²) >= 11 is 0. The number of nitrogens with zero attached hydrogens (tertiary/aromatic N) is 3. The van der Waals surface area contributed by atoms with Crippen LogP contribution in [0.1, 0.15) is 29.3 Å². The quantitative estimate of drug-likeness (QED) is 0.401. The Bertz CT molecular complexity index is 715. The van der Waals surface area contributed by atoms with Gasteiger partial charge >= 0.3 is 0 Å². The van der Waals surface area contributed by atoms with Gasteiger partial charge in [-0.2, -0.15) is 4.98 Å². The van der Waals surface area contributed by atoms with Crippen molar-refractivity contribution in [2.24, 2.45) is 4.99 Å². The van der Waals surface area contributed by atoms with Gasteiger partial charge in [0.05, 0.1) is 13.2 Å². The lowest BCUT2D eigenvalue weighted by atomic mass is 10.1. The maximum atomic E-state index is 5.91. The van der Waals surface area contributed by atoms with Crippen molar-refractivity contribution in [3.05, 3.63) is 41.0 Å². The Morgan fingerprint density at radius 1 is 1.19 bits per heavy atom. The number of guanidine groups is 1. The predicted octanol–water partition coefficient (Wildman–Crippen LogP) is 1.97. The molecule has 0 spiro atoms. The van der Waals surface area contributed by atoms with Gasteiger partial charge in [-0.1, -0.05) is 17.3 Å². The van der Waals surface area contributed by atoms with Gasteiger partial charge in [-0.3, -0.25) is 4.99 Å². The molecule has 2 rings (SSSR count). The third-order valence-corrected chi connectivity index (χ3v) is 3.63. The van der Waals surface area contributed by atoms with Gasteiger partial charge in [0.25, 0.3) is 0 Å². The fourth-order valence-corrected chi connectivity index (χ4v) is 2.30. The number of benzene rings is 1. The fraction of sp³-hybridized carbons (Fsp3) is 0.500. The lowest BCUT2D eigenvalue weighted by molar-refractivity contribution is 0.171. The van der Waals surface area contributed by atoms with E-state index >= 15 is 0 Å². The van der Waals surface area contributed by atoms with Crippen molar-refractivity contribution < 1.29 is 14.0 Å². The maximum Gasteiger partial charge on any atom is 0.223 e. The Balaban J connectivity index is 1.89. The van der Waals surface area contributed by atoms with E-state index in [1.54, 1.807) is 21.1 Å². The van der Waals surface area contributed by atoms with Crippen LogP contribution in [0.2, 0.25) is 0 Å². The van der Waals surface area contributed by atoms with Crippen LogP contribution >= 0.6 is 0 Å². The van der Waals surface area contributed by atoms with Crippen molar-refractivity contribution in [3.8, 4) is 5.75 Å². The Kier molecular flexibility index (Phi) is 7.88. The molecular weight excluding hydrogens is 334 g/mol. The number of nitrogens with one attached hydrogen (secondary N) is 2. The minimum absolute atomic E-state index is 0.436. The van der Waals surface area contributed by atoms with Crippen molar-refractivity contribution in [2.45, 2.75) is 33.4 Å². The zero-order valence-electron chi connectivity index (χ0n) is 15.8. The molecule has 1 aromatic carbocycles. The van der Waals surface area contributed by atoms with Gasteiger partial charge in [0.15, 0.2) is 11.8 Å². The normalized spacial score (nSPS) is 11.5. The minimum atomic E-state index is 0.436. The SMILES string of the molecule is CN=C(NCc1noc(C)n1)NCc1ccc(C)cc1OCCCOC. The van der Waals surface area contributed by atoms with Crippen molar-refractivity contribution in [1.29, 1.82) is 0 Å². The van der Waals surface area contributed by atoms with Crippen LogP contribution in [0.5, 0.6) is 5.75 Å². The topological polar surface area (TPSA) is 93.8 Å². The van der Waals surface area contributed by atoms with Crippen molar-refractivity contribution in [3.63, 3.8) is 0 Å². The number of hydrogen-bond donors (Lipinski definition) is 2. The van der Waals surface area contributed by atoms with Crippen LogP contribution in [-0.4, -0.2) is 43.5 Å². The van der Waals surface area contributed by atoms with Crippen LogP contribution in [0.4, 0.5) is 0 Å². The summed E-state index contributed by atoms with van der Waals surface area (Å²) in [5.74, 6) is 2.65. The molecule has 0 radical (unpaired) electrons. The smallest absolute Gasteiger partial charge is 0.223 e. The van der Waals surface area contributed by atoms with E-state index < -0.39 is 0 Å². The van der Waals surface area contributed by atoms with Crippen LogP contribution in [-0.2, 0) is 17.8 Å². The molecule has 1 heterocycles. The van der Waals surface area contributed by atoms with Crippen molar-refractivity contribution in [1.82, 2.24) is 20.8 Å². The predicted molar refractivity (Wildman–Crippen MR) is 99.2 cm³/mol. The van der Waals surface area contributed by atoms with Crippen LogP contribution < -0.4 is 15.4 Å². The first-order valence-electron chi connectivity index (χ1n) is 8.57. The molecule has 142 valence electrons. The van der Waals surface area contributed by atoms with Gasteiger partial charge in [0.1, 0.15) is 5.75 Å². The van der Waals surface area contributed by atoms with E-state index in [1.807, 2.05) is 13.0 Å². The molecule has 0 amide bonds. The lowest BCUT2D eigenvalue weighted by Gasteiger charge is -2.15. The summed E-state index contributed by atoms with van der Waals surface area (Å²) in [6.07, 6.45) is 0.852. The second-order valence-corrected chi connectivity index (χ2v) is 5.81. The highest BCUT2D eigenvalue weighted by molar-refractivity contribution is 5.79. The molecule has 0 bridgehead atoms. The van der Waals surface area contributed by atoms with Crippen LogP contribution in [0, 0.1) is 13.8 Å². The summed E-state index contributed by atoms with van der Waals surface area (Å²) < 4.78 is 15.9.